The van der Waals surface area contributed by atoms with E-state index >= 15 is 0 Å². The van der Waals surface area contributed by atoms with Gasteiger partial charge in [-0.25, -0.2) is 0 Å². The Kier molecular flexibility index (Phi) is 2.82. The summed E-state index contributed by atoms with van der Waals surface area (Å²) in [5.74, 6) is 0. The first-order valence-electron chi connectivity index (χ1n) is 4.77. The van der Waals surface area contributed by atoms with Crippen LogP contribution in [0, 0.1) is 0 Å². The van der Waals surface area contributed by atoms with Crippen molar-refractivity contribution in [3.8, 4) is 0 Å². The average Bonchev–Trinajstić information content (AvgIpc) is 2.72. The van der Waals surface area contributed by atoms with E-state index in [1.54, 1.807) is 0 Å². The minimum absolute atomic E-state index is 0.932. The Hall–Kier alpha value is -1.76. The predicted octanol–water partition coefficient (Wildman–Crippen LogP) is 3.20. The number of aromatic nitrogens is 1. The quantitative estimate of drug-likeness (QED) is 0.688. The highest BCUT2D eigenvalue weighted by molar-refractivity contribution is 5.48. The van der Waals surface area contributed by atoms with E-state index in [0.29, 0.717) is 0 Å². The van der Waals surface area contributed by atoms with Crippen molar-refractivity contribution in [1.82, 2.24) is 4.57 Å². The van der Waals surface area contributed by atoms with E-state index < -0.39 is 0 Å². The second-order valence-corrected chi connectivity index (χ2v) is 3.19. The highest BCUT2D eigenvalue weighted by Crippen LogP contribution is 2.01. The molecule has 0 aliphatic rings. The van der Waals surface area contributed by atoms with Crippen molar-refractivity contribution < 1.29 is 0 Å². The van der Waals surface area contributed by atoms with Gasteiger partial charge in [-0.05, 0) is 17.7 Å². The van der Waals surface area contributed by atoms with Crippen LogP contribution in [0.2, 0.25) is 0 Å². The van der Waals surface area contributed by atoms with Crippen LogP contribution in [0.5, 0.6) is 0 Å². The van der Waals surface area contributed by atoms with Crippen LogP contribution in [0.25, 0.3) is 6.08 Å². The first kappa shape index (κ1) is 8.82. The lowest BCUT2D eigenvalue weighted by Gasteiger charge is -1.95. The summed E-state index contributed by atoms with van der Waals surface area (Å²) < 4.78 is 2.14. The maximum Gasteiger partial charge on any atom is 0.0403 e. The van der Waals surface area contributed by atoms with Gasteiger partial charge in [0.25, 0.3) is 0 Å². The smallest absolute Gasteiger partial charge is 0.0403 e. The molecule has 0 aliphatic heterocycles. The van der Waals surface area contributed by atoms with Crippen LogP contribution >= 0.6 is 0 Å². The van der Waals surface area contributed by atoms with Gasteiger partial charge in [0.1, 0.15) is 0 Å². The van der Waals surface area contributed by atoms with Gasteiger partial charge in [0, 0.05) is 18.9 Å². The maximum atomic E-state index is 2.16. The lowest BCUT2D eigenvalue weighted by atomic mass is 10.2. The van der Waals surface area contributed by atoms with Crippen LogP contribution in [0.4, 0.5) is 0 Å². The highest BCUT2D eigenvalue weighted by Gasteiger charge is 1.84. The van der Waals surface area contributed by atoms with Gasteiger partial charge < -0.3 is 4.57 Å². The van der Waals surface area contributed by atoms with Crippen molar-refractivity contribution in [3.63, 3.8) is 0 Å². The molecule has 0 saturated heterocycles. The summed E-state index contributed by atoms with van der Waals surface area (Å²) in [6.45, 7) is 0.932. The molecule has 0 aliphatic carbocycles. The Morgan fingerprint density at radius 3 is 2.36 bits per heavy atom. The number of hydrogen-bond acceptors (Lipinski definition) is 0. The van der Waals surface area contributed by atoms with E-state index in [2.05, 4.69) is 53.4 Å². The van der Waals surface area contributed by atoms with Gasteiger partial charge in [0.2, 0.25) is 0 Å². The fourth-order valence-corrected chi connectivity index (χ4v) is 1.37. The molecule has 0 unspecified atom stereocenters. The molecule has 0 radical (unpaired) electrons. The van der Waals surface area contributed by atoms with Gasteiger partial charge in [-0.1, -0.05) is 42.5 Å². The van der Waals surface area contributed by atoms with E-state index in [4.69, 9.17) is 0 Å². The number of rotatable bonds is 3. The van der Waals surface area contributed by atoms with Crippen LogP contribution < -0.4 is 0 Å². The zero-order valence-corrected chi connectivity index (χ0v) is 8.01. The molecule has 1 aromatic carbocycles. The zero-order valence-electron chi connectivity index (χ0n) is 8.01. The second kappa shape index (κ2) is 4.47. The van der Waals surface area contributed by atoms with Gasteiger partial charge >= 0.3 is 0 Å². The van der Waals surface area contributed by atoms with Crippen LogP contribution in [0.3, 0.4) is 0 Å². The van der Waals surface area contributed by atoms with Crippen molar-refractivity contribution in [2.75, 3.05) is 0 Å². The normalized spacial score (nSPS) is 10.9. The molecule has 0 fully saturated rings. The Labute approximate surface area is 84.3 Å². The molecule has 0 spiro atoms. The van der Waals surface area contributed by atoms with Crippen molar-refractivity contribution in [2.45, 2.75) is 6.54 Å². The largest absolute Gasteiger partial charge is 0.350 e. The highest BCUT2D eigenvalue weighted by atomic mass is 14.9. The second-order valence-electron chi connectivity index (χ2n) is 3.19. The maximum absolute atomic E-state index is 2.16. The molecule has 70 valence electrons. The molecule has 1 heteroatoms. The van der Waals surface area contributed by atoms with Crippen molar-refractivity contribution in [3.05, 3.63) is 66.5 Å². The summed E-state index contributed by atoms with van der Waals surface area (Å²) in [7, 11) is 0. The van der Waals surface area contributed by atoms with E-state index in [1.807, 2.05) is 18.2 Å². The van der Waals surface area contributed by atoms with Gasteiger partial charge in [0.15, 0.2) is 0 Å². The van der Waals surface area contributed by atoms with E-state index in [1.165, 1.54) is 5.56 Å². The molecule has 1 heterocycles. The van der Waals surface area contributed by atoms with Crippen LogP contribution in [0.15, 0.2) is 60.9 Å². The number of allylic oxidation sites excluding steroid dienone is 1. The zero-order chi connectivity index (χ0) is 9.64. The van der Waals surface area contributed by atoms with Gasteiger partial charge in [-0.3, -0.25) is 0 Å². The first-order valence-corrected chi connectivity index (χ1v) is 4.77. The first-order chi connectivity index (χ1) is 6.95. The minimum atomic E-state index is 0.932. The summed E-state index contributed by atoms with van der Waals surface area (Å²) in [5, 5.41) is 0. The molecule has 1 aromatic heterocycles. The molecular formula is C13H13N. The summed E-state index contributed by atoms with van der Waals surface area (Å²) in [6.07, 6.45) is 8.43. The lowest BCUT2D eigenvalue weighted by Crippen LogP contribution is -1.88. The topological polar surface area (TPSA) is 4.93 Å². The predicted molar refractivity (Wildman–Crippen MR) is 59.9 cm³/mol. The third kappa shape index (κ3) is 2.36. The minimum Gasteiger partial charge on any atom is -0.350 e. The van der Waals surface area contributed by atoms with Crippen molar-refractivity contribution in [1.29, 1.82) is 0 Å². The molecule has 0 atom stereocenters. The fraction of sp³-hybridized carbons (Fsp3) is 0.0769. The van der Waals surface area contributed by atoms with Crippen LogP contribution in [-0.2, 0) is 6.54 Å². The van der Waals surface area contributed by atoms with E-state index in [9.17, 15) is 0 Å². The molecule has 1 nitrogen and oxygen atoms in total. The summed E-state index contributed by atoms with van der Waals surface area (Å²) in [6, 6.07) is 14.4. The van der Waals surface area contributed by atoms with Crippen molar-refractivity contribution in [2.24, 2.45) is 0 Å². The summed E-state index contributed by atoms with van der Waals surface area (Å²) in [5.41, 5.74) is 1.25. The van der Waals surface area contributed by atoms with Crippen LogP contribution in [0.1, 0.15) is 5.56 Å². The molecular weight excluding hydrogens is 170 g/mol. The molecule has 0 amide bonds. The van der Waals surface area contributed by atoms with Gasteiger partial charge in [-0.2, -0.15) is 0 Å². The fourth-order valence-electron chi connectivity index (χ4n) is 1.37. The molecule has 0 saturated carbocycles. The van der Waals surface area contributed by atoms with Crippen LogP contribution in [-0.4, -0.2) is 4.57 Å². The summed E-state index contributed by atoms with van der Waals surface area (Å²) in [4.78, 5) is 0. The molecule has 0 N–H and O–H groups in total. The van der Waals surface area contributed by atoms with Crippen molar-refractivity contribution >= 4 is 6.08 Å². The molecule has 0 bridgehead atoms. The Morgan fingerprint density at radius 2 is 1.64 bits per heavy atom. The summed E-state index contributed by atoms with van der Waals surface area (Å²) >= 11 is 0. The number of nitrogens with zero attached hydrogens (tertiary/aromatic N) is 1. The van der Waals surface area contributed by atoms with E-state index in [0.717, 1.165) is 6.54 Å². The number of benzene rings is 1. The van der Waals surface area contributed by atoms with E-state index in [-0.39, 0.29) is 0 Å². The molecule has 2 rings (SSSR count). The third-order valence-electron chi connectivity index (χ3n) is 2.09. The Morgan fingerprint density at radius 1 is 0.929 bits per heavy atom. The third-order valence-corrected chi connectivity index (χ3v) is 2.09. The van der Waals surface area contributed by atoms with Gasteiger partial charge in [0.05, 0.1) is 0 Å². The Balaban J connectivity index is 1.96. The molecule has 2 aromatic rings. The molecule has 14 heavy (non-hydrogen) atoms. The Bertz CT molecular complexity index is 384. The average molecular weight is 183 g/mol. The van der Waals surface area contributed by atoms with Gasteiger partial charge in [-0.15, -0.1) is 0 Å². The SMILES string of the molecule is C(=C\c1ccccc1)/Cn1cccc1. The number of hydrogen-bond donors (Lipinski definition) is 0. The monoisotopic (exact) mass is 183 g/mol. The lowest BCUT2D eigenvalue weighted by molar-refractivity contribution is 0.833. The standard InChI is InChI=1S/C13H13N/c1-2-7-13(8-3-1)9-6-12-14-10-4-5-11-14/h1-11H,12H2/b9-6+.